The van der Waals surface area contributed by atoms with Crippen LogP contribution >= 0.6 is 27.7 Å². The highest BCUT2D eigenvalue weighted by atomic mass is 79.9. The van der Waals surface area contributed by atoms with E-state index >= 15 is 0 Å². The zero-order valence-electron chi connectivity index (χ0n) is 15.9. The highest BCUT2D eigenvalue weighted by Gasteiger charge is 2.17. The molecule has 1 aromatic heterocycles. The maximum atomic E-state index is 5.70. The number of benzene rings is 2. The Morgan fingerprint density at radius 3 is 2.59 bits per heavy atom. The minimum Gasteiger partial charge on any atom is -0.497 e. The summed E-state index contributed by atoms with van der Waals surface area (Å²) in [5.74, 6) is 3.88. The number of rotatable bonds is 7. The van der Waals surface area contributed by atoms with E-state index in [1.807, 2.05) is 42.5 Å². The molecule has 1 aliphatic heterocycles. The van der Waals surface area contributed by atoms with Crippen LogP contribution in [0, 0.1) is 0 Å². The van der Waals surface area contributed by atoms with Crippen LogP contribution < -0.4 is 14.2 Å². The van der Waals surface area contributed by atoms with E-state index in [0.717, 1.165) is 49.6 Å². The van der Waals surface area contributed by atoms with Gasteiger partial charge in [0.25, 0.3) is 0 Å². The maximum absolute atomic E-state index is 5.70. The Hall–Kier alpha value is -2.45. The molecule has 0 fully saturated rings. The molecule has 0 atom stereocenters. The van der Waals surface area contributed by atoms with Crippen molar-refractivity contribution < 1.29 is 14.2 Å². The molecule has 2 aromatic carbocycles. The predicted molar refractivity (Wildman–Crippen MR) is 117 cm³/mol. The number of fused-ring (bicyclic) bond motifs is 1. The number of hydrogen-bond acceptors (Lipinski definition) is 6. The van der Waals surface area contributed by atoms with E-state index in [1.165, 1.54) is 0 Å². The average molecular weight is 474 g/mol. The SMILES string of the molecule is C=CCn1c(SCc2cc3c(cc2Br)OCCO3)nnc1-c1ccc(OC)cc1. The quantitative estimate of drug-likeness (QED) is 0.356. The van der Waals surface area contributed by atoms with Crippen LogP contribution in [0.3, 0.4) is 0 Å². The van der Waals surface area contributed by atoms with E-state index in [0.29, 0.717) is 19.8 Å². The third-order valence-electron chi connectivity index (χ3n) is 4.44. The molecule has 0 aliphatic carbocycles. The Morgan fingerprint density at radius 1 is 1.17 bits per heavy atom. The van der Waals surface area contributed by atoms with Gasteiger partial charge in [-0.25, -0.2) is 0 Å². The molecule has 0 amide bonds. The fraction of sp³-hybridized carbons (Fsp3) is 0.238. The van der Waals surface area contributed by atoms with E-state index in [2.05, 4.69) is 37.3 Å². The first-order valence-electron chi connectivity index (χ1n) is 9.09. The van der Waals surface area contributed by atoms with E-state index in [1.54, 1.807) is 18.9 Å². The number of nitrogens with zero attached hydrogens (tertiary/aromatic N) is 3. The number of ether oxygens (including phenoxy) is 3. The number of aromatic nitrogens is 3. The van der Waals surface area contributed by atoms with Gasteiger partial charge in [0, 0.05) is 22.3 Å². The summed E-state index contributed by atoms with van der Waals surface area (Å²) in [7, 11) is 1.65. The Morgan fingerprint density at radius 2 is 1.90 bits per heavy atom. The van der Waals surface area contributed by atoms with Crippen molar-refractivity contribution in [2.75, 3.05) is 20.3 Å². The Balaban J connectivity index is 1.57. The molecule has 0 spiro atoms. The van der Waals surface area contributed by atoms with Crippen LogP contribution in [-0.2, 0) is 12.3 Å². The fourth-order valence-corrected chi connectivity index (χ4v) is 4.59. The topological polar surface area (TPSA) is 58.4 Å². The van der Waals surface area contributed by atoms with Crippen LogP contribution in [0.4, 0.5) is 0 Å². The minimum atomic E-state index is 0.570. The molecule has 150 valence electrons. The molecule has 0 saturated heterocycles. The van der Waals surface area contributed by atoms with E-state index < -0.39 is 0 Å². The van der Waals surface area contributed by atoms with Gasteiger partial charge in [-0.05, 0) is 42.0 Å². The fourth-order valence-electron chi connectivity index (χ4n) is 3.00. The summed E-state index contributed by atoms with van der Waals surface area (Å²) in [6.07, 6.45) is 1.85. The number of allylic oxidation sites excluding steroid dienone is 1. The van der Waals surface area contributed by atoms with Gasteiger partial charge in [-0.3, -0.25) is 4.57 Å². The molecule has 4 rings (SSSR count). The lowest BCUT2D eigenvalue weighted by Crippen LogP contribution is -2.15. The van der Waals surface area contributed by atoms with Gasteiger partial charge < -0.3 is 14.2 Å². The van der Waals surface area contributed by atoms with Crippen molar-refractivity contribution in [3.05, 3.63) is 59.1 Å². The van der Waals surface area contributed by atoms with Crippen LogP contribution in [0.2, 0.25) is 0 Å². The largest absolute Gasteiger partial charge is 0.497 e. The highest BCUT2D eigenvalue weighted by Crippen LogP contribution is 2.38. The molecule has 1 aliphatic rings. The van der Waals surface area contributed by atoms with E-state index in [4.69, 9.17) is 14.2 Å². The van der Waals surface area contributed by atoms with Crippen molar-refractivity contribution in [1.82, 2.24) is 14.8 Å². The molecule has 0 unspecified atom stereocenters. The zero-order chi connectivity index (χ0) is 20.2. The van der Waals surface area contributed by atoms with Crippen LogP contribution in [0.15, 0.2) is 58.7 Å². The second-order valence-corrected chi connectivity index (χ2v) is 8.11. The van der Waals surface area contributed by atoms with Gasteiger partial charge in [0.1, 0.15) is 19.0 Å². The Bertz CT molecular complexity index is 1020. The van der Waals surface area contributed by atoms with Gasteiger partial charge in [0.05, 0.1) is 7.11 Å². The first-order valence-corrected chi connectivity index (χ1v) is 10.9. The molecule has 8 heteroatoms. The molecule has 2 heterocycles. The average Bonchev–Trinajstić information content (AvgIpc) is 3.15. The summed E-state index contributed by atoms with van der Waals surface area (Å²) in [6, 6.07) is 11.8. The number of thioether (sulfide) groups is 1. The van der Waals surface area contributed by atoms with Crippen LogP contribution in [0.25, 0.3) is 11.4 Å². The first-order chi connectivity index (χ1) is 14.2. The summed E-state index contributed by atoms with van der Waals surface area (Å²) >= 11 is 5.25. The molecular formula is C21H20BrN3O3S. The van der Waals surface area contributed by atoms with Gasteiger partial charge in [-0.2, -0.15) is 0 Å². The smallest absolute Gasteiger partial charge is 0.192 e. The summed E-state index contributed by atoms with van der Waals surface area (Å²) in [5.41, 5.74) is 2.09. The van der Waals surface area contributed by atoms with Gasteiger partial charge >= 0.3 is 0 Å². The highest BCUT2D eigenvalue weighted by molar-refractivity contribution is 9.10. The molecule has 0 radical (unpaired) electrons. The van der Waals surface area contributed by atoms with Crippen LogP contribution in [0.5, 0.6) is 17.2 Å². The summed E-state index contributed by atoms with van der Waals surface area (Å²) in [5, 5.41) is 9.66. The van der Waals surface area contributed by atoms with Crippen LogP contribution in [-0.4, -0.2) is 35.1 Å². The molecule has 0 bridgehead atoms. The van der Waals surface area contributed by atoms with Gasteiger partial charge in [0.2, 0.25) is 0 Å². The molecule has 6 nitrogen and oxygen atoms in total. The number of methoxy groups -OCH3 is 1. The van der Waals surface area contributed by atoms with Crippen molar-refractivity contribution in [3.8, 4) is 28.6 Å². The third-order valence-corrected chi connectivity index (χ3v) is 6.20. The van der Waals surface area contributed by atoms with Crippen molar-refractivity contribution >= 4 is 27.7 Å². The molecular weight excluding hydrogens is 454 g/mol. The normalized spacial score (nSPS) is 12.6. The molecule has 29 heavy (non-hydrogen) atoms. The maximum Gasteiger partial charge on any atom is 0.192 e. The monoisotopic (exact) mass is 473 g/mol. The van der Waals surface area contributed by atoms with Crippen molar-refractivity contribution in [2.24, 2.45) is 0 Å². The molecule has 0 N–H and O–H groups in total. The summed E-state index contributed by atoms with van der Waals surface area (Å²) in [4.78, 5) is 0. The lowest BCUT2D eigenvalue weighted by atomic mass is 10.2. The first kappa shape index (κ1) is 19.8. The van der Waals surface area contributed by atoms with Crippen molar-refractivity contribution in [3.63, 3.8) is 0 Å². The van der Waals surface area contributed by atoms with Gasteiger partial charge in [-0.1, -0.05) is 33.8 Å². The van der Waals surface area contributed by atoms with E-state index in [-0.39, 0.29) is 0 Å². The summed E-state index contributed by atoms with van der Waals surface area (Å²) < 4.78 is 19.6. The number of hydrogen-bond donors (Lipinski definition) is 0. The van der Waals surface area contributed by atoms with Crippen LogP contribution in [0.1, 0.15) is 5.56 Å². The summed E-state index contributed by atoms with van der Waals surface area (Å²) in [6.45, 7) is 5.65. The molecule has 0 saturated carbocycles. The third kappa shape index (κ3) is 4.28. The minimum absolute atomic E-state index is 0.570. The molecule has 3 aromatic rings. The van der Waals surface area contributed by atoms with Gasteiger partial charge in [0.15, 0.2) is 22.5 Å². The van der Waals surface area contributed by atoms with E-state index in [9.17, 15) is 0 Å². The Labute approximate surface area is 182 Å². The second kappa shape index (κ2) is 8.92. The lowest BCUT2D eigenvalue weighted by Gasteiger charge is -2.19. The van der Waals surface area contributed by atoms with Crippen molar-refractivity contribution in [1.29, 1.82) is 0 Å². The lowest BCUT2D eigenvalue weighted by molar-refractivity contribution is 0.171. The second-order valence-electron chi connectivity index (χ2n) is 6.31. The van der Waals surface area contributed by atoms with Crippen molar-refractivity contribution in [2.45, 2.75) is 17.5 Å². The zero-order valence-corrected chi connectivity index (χ0v) is 18.3. The number of halogens is 1. The Kier molecular flexibility index (Phi) is 6.10. The predicted octanol–water partition coefficient (Wildman–Crippen LogP) is 4.97. The van der Waals surface area contributed by atoms with Gasteiger partial charge in [-0.15, -0.1) is 16.8 Å². The standard InChI is InChI=1S/C21H20BrN3O3S/c1-3-8-25-20(14-4-6-16(26-2)7-5-14)23-24-21(25)29-13-15-11-18-19(12-17(15)22)28-10-9-27-18/h3-7,11-12H,1,8-10,13H2,2H3.